The Kier molecular flexibility index (Phi) is 7.10. The molecular weight excluding hydrogens is 364 g/mol. The molecule has 0 fully saturated rings. The Bertz CT molecular complexity index is 910. The molecule has 6 nitrogen and oxygen atoms in total. The van der Waals surface area contributed by atoms with Crippen LogP contribution in [0.3, 0.4) is 0 Å². The molecule has 7 heteroatoms. The first-order valence-corrected chi connectivity index (χ1v) is 8.54. The quantitative estimate of drug-likeness (QED) is 0.672. The number of aromatic nitrogens is 2. The maximum absolute atomic E-state index is 12.6. The fraction of sp³-hybridized carbons (Fsp3) is 0.250. The van der Waals surface area contributed by atoms with Gasteiger partial charge in [0.2, 0.25) is 0 Å². The molecule has 1 aromatic heterocycles. The van der Waals surface area contributed by atoms with Gasteiger partial charge in [0.15, 0.2) is 5.82 Å². The van der Waals surface area contributed by atoms with Crippen molar-refractivity contribution in [1.82, 2.24) is 15.5 Å². The summed E-state index contributed by atoms with van der Waals surface area (Å²) < 4.78 is 5.40. The second-order valence-electron chi connectivity index (χ2n) is 6.28. The van der Waals surface area contributed by atoms with Gasteiger partial charge in [-0.2, -0.15) is 4.98 Å². The van der Waals surface area contributed by atoms with Crippen LogP contribution in [-0.2, 0) is 6.42 Å². The summed E-state index contributed by atoms with van der Waals surface area (Å²) in [6, 6.07) is 15.1. The van der Waals surface area contributed by atoms with E-state index in [4.69, 9.17) is 4.52 Å². The number of para-hydroxylation sites is 1. The highest BCUT2D eigenvalue weighted by molar-refractivity contribution is 6.06. The number of rotatable bonds is 6. The normalized spacial score (nSPS) is 11.5. The summed E-state index contributed by atoms with van der Waals surface area (Å²) >= 11 is 0. The molecule has 2 N–H and O–H groups in total. The van der Waals surface area contributed by atoms with Crippen LogP contribution in [0.2, 0.25) is 0 Å². The Morgan fingerprint density at radius 1 is 1.19 bits per heavy atom. The number of nitrogens with zero attached hydrogens (tertiary/aromatic N) is 2. The zero-order valence-electron chi connectivity index (χ0n) is 15.5. The molecule has 3 rings (SSSR count). The third-order valence-corrected chi connectivity index (χ3v) is 4.14. The summed E-state index contributed by atoms with van der Waals surface area (Å²) in [7, 11) is 1.89. The SMILES string of the molecule is CNC(C)Cc1noc(-c2ccccc2NC(=O)c2cccc(C)c2)n1.Cl. The zero-order chi connectivity index (χ0) is 18.5. The van der Waals surface area contributed by atoms with Gasteiger partial charge in [-0.1, -0.05) is 35.0 Å². The van der Waals surface area contributed by atoms with Crippen LogP contribution in [0.4, 0.5) is 5.69 Å². The van der Waals surface area contributed by atoms with Gasteiger partial charge in [0.05, 0.1) is 11.3 Å². The van der Waals surface area contributed by atoms with Crippen molar-refractivity contribution in [2.75, 3.05) is 12.4 Å². The van der Waals surface area contributed by atoms with Gasteiger partial charge in [0, 0.05) is 18.0 Å². The highest BCUT2D eigenvalue weighted by Gasteiger charge is 2.16. The third kappa shape index (κ3) is 5.15. The Balaban J connectivity index is 0.00000261. The highest BCUT2D eigenvalue weighted by atomic mass is 35.5. The second-order valence-corrected chi connectivity index (χ2v) is 6.28. The Morgan fingerprint density at radius 3 is 2.70 bits per heavy atom. The predicted molar refractivity (Wildman–Crippen MR) is 108 cm³/mol. The van der Waals surface area contributed by atoms with E-state index in [2.05, 4.69) is 20.8 Å². The fourth-order valence-electron chi connectivity index (χ4n) is 2.58. The summed E-state index contributed by atoms with van der Waals surface area (Å²) in [6.45, 7) is 4.00. The van der Waals surface area contributed by atoms with Gasteiger partial charge >= 0.3 is 0 Å². The van der Waals surface area contributed by atoms with Gasteiger partial charge in [-0.3, -0.25) is 4.79 Å². The predicted octanol–water partition coefficient (Wildman–Crippen LogP) is 3.87. The lowest BCUT2D eigenvalue weighted by Crippen LogP contribution is -2.24. The molecule has 0 saturated heterocycles. The lowest BCUT2D eigenvalue weighted by molar-refractivity contribution is 0.102. The van der Waals surface area contributed by atoms with E-state index in [9.17, 15) is 4.79 Å². The van der Waals surface area contributed by atoms with E-state index in [0.717, 1.165) is 5.56 Å². The Labute approximate surface area is 164 Å². The van der Waals surface area contributed by atoms with Crippen molar-refractivity contribution in [3.8, 4) is 11.5 Å². The molecule has 0 aliphatic heterocycles. The smallest absolute Gasteiger partial charge is 0.260 e. The molecule has 2 aromatic carbocycles. The number of carbonyl (C=O) groups is 1. The van der Waals surface area contributed by atoms with Crippen LogP contribution in [0, 0.1) is 6.92 Å². The van der Waals surface area contributed by atoms with Crippen molar-refractivity contribution < 1.29 is 9.32 Å². The van der Waals surface area contributed by atoms with Crippen molar-refractivity contribution in [3.05, 3.63) is 65.5 Å². The molecular formula is C20H23ClN4O2. The number of hydrogen-bond donors (Lipinski definition) is 2. The summed E-state index contributed by atoms with van der Waals surface area (Å²) in [4.78, 5) is 17.0. The molecule has 0 spiro atoms. The summed E-state index contributed by atoms with van der Waals surface area (Å²) in [5.41, 5.74) is 2.97. The van der Waals surface area contributed by atoms with Crippen LogP contribution in [-0.4, -0.2) is 29.1 Å². The van der Waals surface area contributed by atoms with Gasteiger partial charge in [-0.25, -0.2) is 0 Å². The highest BCUT2D eigenvalue weighted by Crippen LogP contribution is 2.27. The lowest BCUT2D eigenvalue weighted by atomic mass is 10.1. The van der Waals surface area contributed by atoms with Crippen molar-refractivity contribution in [2.24, 2.45) is 0 Å². The van der Waals surface area contributed by atoms with Crippen molar-refractivity contribution in [1.29, 1.82) is 0 Å². The molecule has 0 saturated carbocycles. The molecule has 3 aromatic rings. The van der Waals surface area contributed by atoms with Gasteiger partial charge < -0.3 is 15.2 Å². The summed E-state index contributed by atoms with van der Waals surface area (Å²) in [5, 5.41) is 10.1. The Hall–Kier alpha value is -2.70. The number of anilines is 1. The molecule has 0 aliphatic carbocycles. The van der Waals surface area contributed by atoms with E-state index >= 15 is 0 Å². The second kappa shape index (κ2) is 9.30. The fourth-order valence-corrected chi connectivity index (χ4v) is 2.58. The van der Waals surface area contributed by atoms with Gasteiger partial charge in [-0.05, 0) is 45.2 Å². The first kappa shape index (κ1) is 20.6. The van der Waals surface area contributed by atoms with E-state index < -0.39 is 0 Å². The van der Waals surface area contributed by atoms with Crippen LogP contribution in [0.1, 0.15) is 28.7 Å². The molecule has 142 valence electrons. The molecule has 27 heavy (non-hydrogen) atoms. The number of likely N-dealkylation sites (N-methyl/N-ethyl adjacent to an activating group) is 1. The number of halogens is 1. The number of carbonyl (C=O) groups excluding carboxylic acids is 1. The first-order chi connectivity index (χ1) is 12.6. The average Bonchev–Trinajstić information content (AvgIpc) is 3.10. The van der Waals surface area contributed by atoms with Crippen LogP contribution in [0.5, 0.6) is 0 Å². The zero-order valence-corrected chi connectivity index (χ0v) is 16.3. The molecule has 0 radical (unpaired) electrons. The lowest BCUT2D eigenvalue weighted by Gasteiger charge is -2.09. The average molecular weight is 387 g/mol. The van der Waals surface area contributed by atoms with E-state index in [-0.39, 0.29) is 24.4 Å². The van der Waals surface area contributed by atoms with Crippen LogP contribution in [0.15, 0.2) is 53.1 Å². The number of nitrogens with one attached hydrogen (secondary N) is 2. The monoisotopic (exact) mass is 386 g/mol. The third-order valence-electron chi connectivity index (χ3n) is 4.14. The molecule has 1 heterocycles. The van der Waals surface area contributed by atoms with Crippen LogP contribution in [0.25, 0.3) is 11.5 Å². The number of amides is 1. The molecule has 1 amide bonds. The van der Waals surface area contributed by atoms with E-state index in [1.165, 1.54) is 0 Å². The number of aryl methyl sites for hydroxylation is 1. The minimum Gasteiger partial charge on any atom is -0.334 e. The van der Waals surface area contributed by atoms with Gasteiger partial charge in [0.1, 0.15) is 0 Å². The van der Waals surface area contributed by atoms with Crippen molar-refractivity contribution >= 4 is 24.0 Å². The van der Waals surface area contributed by atoms with Crippen LogP contribution >= 0.6 is 12.4 Å². The van der Waals surface area contributed by atoms with E-state index in [1.807, 2.05) is 63.4 Å². The standard InChI is InChI=1S/C20H22N4O2.ClH/c1-13-7-6-8-15(11-13)19(25)22-17-10-5-4-9-16(17)20-23-18(24-26-20)12-14(2)21-3;/h4-11,14,21H,12H2,1-3H3,(H,22,25);1H. The summed E-state index contributed by atoms with van der Waals surface area (Å²) in [6.07, 6.45) is 0.665. The van der Waals surface area contributed by atoms with Crippen LogP contribution < -0.4 is 10.6 Å². The van der Waals surface area contributed by atoms with E-state index in [1.54, 1.807) is 6.07 Å². The molecule has 0 aliphatic rings. The maximum Gasteiger partial charge on any atom is 0.260 e. The molecule has 0 bridgehead atoms. The minimum absolute atomic E-state index is 0. The van der Waals surface area contributed by atoms with E-state index in [0.29, 0.717) is 35.0 Å². The minimum atomic E-state index is -0.176. The van der Waals surface area contributed by atoms with Gasteiger partial charge in [-0.15, -0.1) is 12.4 Å². The summed E-state index contributed by atoms with van der Waals surface area (Å²) in [5.74, 6) is 0.842. The molecule has 1 atom stereocenters. The van der Waals surface area contributed by atoms with Crippen molar-refractivity contribution in [3.63, 3.8) is 0 Å². The Morgan fingerprint density at radius 2 is 1.96 bits per heavy atom. The number of hydrogen-bond acceptors (Lipinski definition) is 5. The van der Waals surface area contributed by atoms with Crippen molar-refractivity contribution in [2.45, 2.75) is 26.3 Å². The first-order valence-electron chi connectivity index (χ1n) is 8.54. The molecule has 1 unspecified atom stereocenters. The van der Waals surface area contributed by atoms with Gasteiger partial charge in [0.25, 0.3) is 11.8 Å². The number of benzene rings is 2. The topological polar surface area (TPSA) is 80.0 Å². The largest absolute Gasteiger partial charge is 0.334 e. The maximum atomic E-state index is 12.6.